The second-order valence-corrected chi connectivity index (χ2v) is 6.70. The molecular formula is C15H14FN5OS2. The normalized spacial score (nSPS) is 10.8. The van der Waals surface area contributed by atoms with E-state index in [-0.39, 0.29) is 11.6 Å². The third kappa shape index (κ3) is 3.62. The number of hydrogen-bond donors (Lipinski definition) is 1. The third-order valence-corrected chi connectivity index (χ3v) is 4.82. The summed E-state index contributed by atoms with van der Waals surface area (Å²) < 4.78 is 14.0. The Morgan fingerprint density at radius 2 is 2.17 bits per heavy atom. The predicted octanol–water partition coefficient (Wildman–Crippen LogP) is 3.69. The number of halogens is 1. The topological polar surface area (TPSA) is 74.8 Å². The van der Waals surface area contributed by atoms with Gasteiger partial charge in [0.1, 0.15) is 11.6 Å². The SMILES string of the molecule is CC(=O)N(c1nc(CSc2n[nH]c(C)n2)cs1)c1ccccc1F. The molecule has 24 heavy (non-hydrogen) atoms. The molecule has 1 aromatic carbocycles. The highest BCUT2D eigenvalue weighted by atomic mass is 32.2. The molecule has 0 saturated heterocycles. The number of H-pyrrole nitrogens is 1. The number of anilines is 2. The van der Waals surface area contributed by atoms with Crippen LogP contribution >= 0.6 is 23.1 Å². The summed E-state index contributed by atoms with van der Waals surface area (Å²) >= 11 is 2.74. The van der Waals surface area contributed by atoms with E-state index in [4.69, 9.17) is 0 Å². The maximum atomic E-state index is 14.0. The molecule has 0 aliphatic carbocycles. The molecule has 2 heterocycles. The number of carbonyl (C=O) groups is 1. The fourth-order valence-electron chi connectivity index (χ4n) is 2.03. The fourth-order valence-corrected chi connectivity index (χ4v) is 3.75. The number of amides is 1. The number of thioether (sulfide) groups is 1. The second-order valence-electron chi connectivity index (χ2n) is 4.92. The molecule has 9 heteroatoms. The van der Waals surface area contributed by atoms with Gasteiger partial charge >= 0.3 is 0 Å². The summed E-state index contributed by atoms with van der Waals surface area (Å²) in [5.41, 5.74) is 0.980. The highest BCUT2D eigenvalue weighted by Crippen LogP contribution is 2.32. The molecule has 1 amide bonds. The number of aryl methyl sites for hydroxylation is 1. The van der Waals surface area contributed by atoms with E-state index in [1.54, 1.807) is 18.2 Å². The van der Waals surface area contributed by atoms with Crippen molar-refractivity contribution >= 4 is 39.8 Å². The molecule has 3 aromatic rings. The first kappa shape index (κ1) is 16.6. The first-order valence-corrected chi connectivity index (χ1v) is 8.92. The van der Waals surface area contributed by atoms with Gasteiger partial charge in [-0.05, 0) is 19.1 Å². The Morgan fingerprint density at radius 3 is 2.83 bits per heavy atom. The lowest BCUT2D eigenvalue weighted by Gasteiger charge is -2.18. The minimum absolute atomic E-state index is 0.197. The van der Waals surface area contributed by atoms with E-state index in [1.165, 1.54) is 41.0 Å². The average molecular weight is 363 g/mol. The van der Waals surface area contributed by atoms with Crippen molar-refractivity contribution in [2.75, 3.05) is 4.90 Å². The average Bonchev–Trinajstić information content (AvgIpc) is 3.16. The highest BCUT2D eigenvalue weighted by molar-refractivity contribution is 7.98. The Labute approximate surface area is 146 Å². The van der Waals surface area contributed by atoms with Crippen LogP contribution in [0.5, 0.6) is 0 Å². The molecule has 0 aliphatic heterocycles. The van der Waals surface area contributed by atoms with Crippen LogP contribution < -0.4 is 4.90 Å². The van der Waals surface area contributed by atoms with Crippen LogP contribution in [0, 0.1) is 12.7 Å². The van der Waals surface area contributed by atoms with Gasteiger partial charge in [-0.1, -0.05) is 23.9 Å². The summed E-state index contributed by atoms with van der Waals surface area (Å²) in [7, 11) is 0. The quantitative estimate of drug-likeness (QED) is 0.700. The zero-order chi connectivity index (χ0) is 17.1. The molecule has 0 spiro atoms. The molecule has 124 valence electrons. The lowest BCUT2D eigenvalue weighted by Crippen LogP contribution is -2.23. The van der Waals surface area contributed by atoms with Crippen LogP contribution in [0.25, 0.3) is 0 Å². The number of hydrogen-bond acceptors (Lipinski definition) is 6. The summed E-state index contributed by atoms with van der Waals surface area (Å²) in [6.07, 6.45) is 0. The van der Waals surface area contributed by atoms with Gasteiger partial charge in [-0.2, -0.15) is 0 Å². The van der Waals surface area contributed by atoms with Crippen LogP contribution in [0.3, 0.4) is 0 Å². The molecule has 0 bridgehead atoms. The molecule has 0 unspecified atom stereocenters. The Balaban J connectivity index is 1.79. The van der Waals surface area contributed by atoms with E-state index in [9.17, 15) is 9.18 Å². The van der Waals surface area contributed by atoms with Crippen molar-refractivity contribution in [3.63, 3.8) is 0 Å². The van der Waals surface area contributed by atoms with E-state index in [0.717, 1.165) is 11.5 Å². The van der Waals surface area contributed by atoms with Crippen molar-refractivity contribution in [3.8, 4) is 0 Å². The van der Waals surface area contributed by atoms with Crippen molar-refractivity contribution < 1.29 is 9.18 Å². The lowest BCUT2D eigenvalue weighted by atomic mass is 10.3. The molecule has 0 radical (unpaired) electrons. The molecule has 0 saturated carbocycles. The van der Waals surface area contributed by atoms with Gasteiger partial charge in [0.2, 0.25) is 11.1 Å². The predicted molar refractivity (Wildman–Crippen MR) is 92.0 cm³/mol. The zero-order valence-electron chi connectivity index (χ0n) is 13.0. The summed E-state index contributed by atoms with van der Waals surface area (Å²) in [5, 5.41) is 9.75. The molecule has 0 atom stereocenters. The van der Waals surface area contributed by atoms with Crippen LogP contribution in [0.2, 0.25) is 0 Å². The number of rotatable bonds is 5. The van der Waals surface area contributed by atoms with E-state index in [1.807, 2.05) is 12.3 Å². The van der Waals surface area contributed by atoms with Crippen molar-refractivity contribution in [2.24, 2.45) is 0 Å². The summed E-state index contributed by atoms with van der Waals surface area (Å²) in [4.78, 5) is 21.9. The van der Waals surface area contributed by atoms with Gasteiger partial charge in [-0.15, -0.1) is 16.4 Å². The summed E-state index contributed by atoms with van der Waals surface area (Å²) in [5.74, 6) is 0.559. The fraction of sp³-hybridized carbons (Fsp3) is 0.200. The van der Waals surface area contributed by atoms with Crippen LogP contribution in [0.1, 0.15) is 18.4 Å². The maximum Gasteiger partial charge on any atom is 0.230 e. The van der Waals surface area contributed by atoms with Gasteiger partial charge in [0, 0.05) is 18.1 Å². The minimum Gasteiger partial charge on any atom is -0.274 e. The first-order chi connectivity index (χ1) is 11.5. The molecular weight excluding hydrogens is 349 g/mol. The number of thiazole rings is 1. The van der Waals surface area contributed by atoms with Gasteiger partial charge in [0.05, 0.1) is 11.4 Å². The standard InChI is InChI=1S/C15H14FN5OS2/c1-9-17-14(20-19-9)23-7-11-8-24-15(18-11)21(10(2)22)13-6-4-3-5-12(13)16/h3-6,8H,7H2,1-2H3,(H,17,19,20). The molecule has 0 aliphatic rings. The molecule has 3 rings (SSSR count). The van der Waals surface area contributed by atoms with Crippen molar-refractivity contribution in [1.82, 2.24) is 20.2 Å². The Hall–Kier alpha value is -2.26. The number of aromatic nitrogens is 4. The van der Waals surface area contributed by atoms with Gasteiger partial charge < -0.3 is 0 Å². The highest BCUT2D eigenvalue weighted by Gasteiger charge is 2.20. The van der Waals surface area contributed by atoms with Gasteiger partial charge in [-0.25, -0.2) is 14.4 Å². The second kappa shape index (κ2) is 7.10. The van der Waals surface area contributed by atoms with E-state index in [0.29, 0.717) is 16.0 Å². The summed E-state index contributed by atoms with van der Waals surface area (Å²) in [6, 6.07) is 6.15. The van der Waals surface area contributed by atoms with E-state index >= 15 is 0 Å². The van der Waals surface area contributed by atoms with Gasteiger partial charge in [-0.3, -0.25) is 14.8 Å². The third-order valence-electron chi connectivity index (χ3n) is 3.07. The smallest absolute Gasteiger partial charge is 0.230 e. The molecule has 2 aromatic heterocycles. The Bertz CT molecular complexity index is 863. The van der Waals surface area contributed by atoms with Crippen LogP contribution in [0.4, 0.5) is 15.2 Å². The number of nitrogens with one attached hydrogen (secondary N) is 1. The lowest BCUT2D eigenvalue weighted by molar-refractivity contribution is -0.115. The maximum absolute atomic E-state index is 14.0. The summed E-state index contributed by atoms with van der Waals surface area (Å²) in [6.45, 7) is 3.22. The van der Waals surface area contributed by atoms with E-state index in [2.05, 4.69) is 20.2 Å². The van der Waals surface area contributed by atoms with Gasteiger partial charge in [0.25, 0.3) is 0 Å². The van der Waals surface area contributed by atoms with Crippen LogP contribution in [-0.4, -0.2) is 26.1 Å². The monoisotopic (exact) mass is 363 g/mol. The first-order valence-electron chi connectivity index (χ1n) is 7.06. The van der Waals surface area contributed by atoms with Gasteiger partial charge in [0.15, 0.2) is 5.13 Å². The minimum atomic E-state index is -0.463. The zero-order valence-corrected chi connectivity index (χ0v) is 14.6. The molecule has 6 nitrogen and oxygen atoms in total. The number of aromatic amines is 1. The Morgan fingerprint density at radius 1 is 1.38 bits per heavy atom. The van der Waals surface area contributed by atoms with E-state index < -0.39 is 5.82 Å². The largest absolute Gasteiger partial charge is 0.274 e. The number of nitrogens with zero attached hydrogens (tertiary/aromatic N) is 4. The molecule has 1 N–H and O–H groups in total. The van der Waals surface area contributed by atoms with Crippen molar-refractivity contribution in [2.45, 2.75) is 24.8 Å². The van der Waals surface area contributed by atoms with Crippen LogP contribution in [-0.2, 0) is 10.5 Å². The van der Waals surface area contributed by atoms with Crippen molar-refractivity contribution in [1.29, 1.82) is 0 Å². The molecule has 0 fully saturated rings. The van der Waals surface area contributed by atoms with Crippen molar-refractivity contribution in [3.05, 3.63) is 47.0 Å². The van der Waals surface area contributed by atoms with Crippen LogP contribution in [0.15, 0.2) is 34.8 Å². The number of carbonyl (C=O) groups excluding carboxylic acids is 1. The number of benzene rings is 1. The Kier molecular flexibility index (Phi) is 4.91. The number of para-hydroxylation sites is 1.